The predicted molar refractivity (Wildman–Crippen MR) is 60.5 cm³/mol. The van der Waals surface area contributed by atoms with Gasteiger partial charge in [0.15, 0.2) is 0 Å². The van der Waals surface area contributed by atoms with Crippen molar-refractivity contribution in [2.75, 3.05) is 20.1 Å². The molecule has 0 saturated heterocycles. The van der Waals surface area contributed by atoms with Gasteiger partial charge in [0.1, 0.15) is 0 Å². The fraction of sp³-hybridized carbons (Fsp3) is 1.00. The first-order chi connectivity index (χ1) is 7.03. The number of nitrogens with two attached hydrogens (primary N) is 1. The van der Waals surface area contributed by atoms with Crippen LogP contribution in [0.1, 0.15) is 26.2 Å². The van der Waals surface area contributed by atoms with Gasteiger partial charge in [0.05, 0.1) is 0 Å². The second-order valence-electron chi connectivity index (χ2n) is 4.01. The smallest absolute Gasteiger partial charge is 0.279 e. The van der Waals surface area contributed by atoms with Gasteiger partial charge in [-0.3, -0.25) is 0 Å². The zero-order valence-electron chi connectivity index (χ0n) is 9.44. The molecule has 90 valence electrons. The largest absolute Gasteiger partial charge is 0.330 e. The van der Waals surface area contributed by atoms with Gasteiger partial charge in [-0.2, -0.15) is 12.7 Å². The fourth-order valence-corrected chi connectivity index (χ4v) is 3.44. The Morgan fingerprint density at radius 1 is 1.47 bits per heavy atom. The third kappa shape index (κ3) is 2.90. The van der Waals surface area contributed by atoms with E-state index in [2.05, 4.69) is 4.72 Å². The molecule has 5 nitrogen and oxygen atoms in total. The summed E-state index contributed by atoms with van der Waals surface area (Å²) in [6.07, 6.45) is 3.02. The maximum Gasteiger partial charge on any atom is 0.279 e. The highest BCUT2D eigenvalue weighted by atomic mass is 32.2. The van der Waals surface area contributed by atoms with E-state index in [9.17, 15) is 8.42 Å². The molecule has 3 N–H and O–H groups in total. The number of nitrogens with one attached hydrogen (secondary N) is 1. The second kappa shape index (κ2) is 5.25. The summed E-state index contributed by atoms with van der Waals surface area (Å²) in [4.78, 5) is 0. The first kappa shape index (κ1) is 12.9. The molecule has 6 heteroatoms. The average molecular weight is 235 g/mol. The zero-order valence-corrected chi connectivity index (χ0v) is 10.3. The van der Waals surface area contributed by atoms with Crippen molar-refractivity contribution in [2.45, 2.75) is 32.2 Å². The van der Waals surface area contributed by atoms with Crippen molar-refractivity contribution >= 4 is 10.2 Å². The van der Waals surface area contributed by atoms with Crippen LogP contribution in [0.15, 0.2) is 0 Å². The Balaban J connectivity index is 2.71. The third-order valence-corrected chi connectivity index (χ3v) is 4.78. The minimum absolute atomic E-state index is 0.0686. The number of nitrogens with zero attached hydrogens (tertiary/aromatic N) is 1. The molecule has 1 saturated carbocycles. The summed E-state index contributed by atoms with van der Waals surface area (Å²) in [6, 6.07) is 0.0686. The van der Waals surface area contributed by atoms with Gasteiger partial charge in [-0.05, 0) is 25.3 Å². The summed E-state index contributed by atoms with van der Waals surface area (Å²) >= 11 is 0. The van der Waals surface area contributed by atoms with Crippen LogP contribution < -0.4 is 10.5 Å². The van der Waals surface area contributed by atoms with Crippen molar-refractivity contribution in [2.24, 2.45) is 11.7 Å². The van der Waals surface area contributed by atoms with Gasteiger partial charge in [-0.25, -0.2) is 4.72 Å². The molecule has 1 rings (SSSR count). The summed E-state index contributed by atoms with van der Waals surface area (Å²) in [5.41, 5.74) is 5.64. The van der Waals surface area contributed by atoms with Crippen LogP contribution in [0.2, 0.25) is 0 Å². The molecule has 2 unspecified atom stereocenters. The van der Waals surface area contributed by atoms with Crippen molar-refractivity contribution in [1.82, 2.24) is 9.03 Å². The Morgan fingerprint density at radius 3 is 2.67 bits per heavy atom. The van der Waals surface area contributed by atoms with Crippen LogP contribution in [0.4, 0.5) is 0 Å². The highest BCUT2D eigenvalue weighted by Crippen LogP contribution is 2.29. The normalized spacial score (nSPS) is 27.5. The number of hydrogen-bond acceptors (Lipinski definition) is 3. The van der Waals surface area contributed by atoms with Crippen molar-refractivity contribution in [3.05, 3.63) is 0 Å². The molecular weight excluding hydrogens is 214 g/mol. The number of hydrogen-bond donors (Lipinski definition) is 2. The molecule has 2 atom stereocenters. The molecule has 0 heterocycles. The Hall–Kier alpha value is -0.170. The average Bonchev–Trinajstić information content (AvgIpc) is 2.63. The van der Waals surface area contributed by atoms with E-state index in [1.54, 1.807) is 14.0 Å². The van der Waals surface area contributed by atoms with E-state index >= 15 is 0 Å². The van der Waals surface area contributed by atoms with Crippen LogP contribution in [0, 0.1) is 5.92 Å². The predicted octanol–water partition coefficient (Wildman–Crippen LogP) is -0.100. The van der Waals surface area contributed by atoms with Crippen molar-refractivity contribution < 1.29 is 8.42 Å². The van der Waals surface area contributed by atoms with Crippen LogP contribution in [0.3, 0.4) is 0 Å². The van der Waals surface area contributed by atoms with E-state index in [-0.39, 0.29) is 6.04 Å². The lowest BCUT2D eigenvalue weighted by molar-refractivity contribution is 0.301. The summed E-state index contributed by atoms with van der Waals surface area (Å²) in [5, 5.41) is 0. The third-order valence-electron chi connectivity index (χ3n) is 3.09. The maximum absolute atomic E-state index is 11.8. The minimum atomic E-state index is -3.31. The van der Waals surface area contributed by atoms with Gasteiger partial charge in [-0.15, -0.1) is 0 Å². The molecule has 1 aliphatic rings. The molecule has 0 aromatic carbocycles. The first-order valence-electron chi connectivity index (χ1n) is 5.45. The fourth-order valence-electron chi connectivity index (χ4n) is 2.23. The lowest BCUT2D eigenvalue weighted by atomic mass is 10.0. The summed E-state index contributed by atoms with van der Waals surface area (Å²) in [7, 11) is -1.67. The van der Waals surface area contributed by atoms with Gasteiger partial charge < -0.3 is 5.73 Å². The van der Waals surface area contributed by atoms with Gasteiger partial charge in [0.2, 0.25) is 0 Å². The number of rotatable bonds is 5. The molecule has 0 aromatic heterocycles. The van der Waals surface area contributed by atoms with Crippen molar-refractivity contribution in [3.63, 3.8) is 0 Å². The standard InChI is InChI=1S/C9H21N3O2S/c1-3-11-15(13,14)12(2)9-6-4-5-8(9)7-10/h8-9,11H,3-7,10H2,1-2H3. The SMILES string of the molecule is CCNS(=O)(=O)N(C)C1CCCC1CN. The minimum Gasteiger partial charge on any atom is -0.330 e. The molecule has 1 aliphatic carbocycles. The van der Waals surface area contributed by atoms with E-state index in [1.807, 2.05) is 0 Å². The molecule has 15 heavy (non-hydrogen) atoms. The van der Waals surface area contributed by atoms with Crippen LogP contribution in [-0.4, -0.2) is 38.9 Å². The maximum atomic E-state index is 11.8. The molecule has 0 radical (unpaired) electrons. The molecule has 0 bridgehead atoms. The van der Waals surface area contributed by atoms with Crippen LogP contribution >= 0.6 is 0 Å². The van der Waals surface area contributed by atoms with Crippen molar-refractivity contribution in [3.8, 4) is 0 Å². The first-order valence-corrected chi connectivity index (χ1v) is 6.89. The van der Waals surface area contributed by atoms with E-state index in [0.29, 0.717) is 19.0 Å². The highest BCUT2D eigenvalue weighted by Gasteiger charge is 2.34. The van der Waals surface area contributed by atoms with E-state index in [1.165, 1.54) is 4.31 Å². The quantitative estimate of drug-likeness (QED) is 0.698. The van der Waals surface area contributed by atoms with Gasteiger partial charge in [0, 0.05) is 19.6 Å². The van der Waals surface area contributed by atoms with Crippen LogP contribution in [-0.2, 0) is 10.2 Å². The summed E-state index contributed by atoms with van der Waals surface area (Å²) in [6.45, 7) is 2.77. The van der Waals surface area contributed by atoms with Crippen molar-refractivity contribution in [1.29, 1.82) is 0 Å². The van der Waals surface area contributed by atoms with E-state index in [0.717, 1.165) is 19.3 Å². The molecule has 0 aliphatic heterocycles. The van der Waals surface area contributed by atoms with Gasteiger partial charge in [0.25, 0.3) is 10.2 Å². The molecule has 0 amide bonds. The van der Waals surface area contributed by atoms with Gasteiger partial charge in [-0.1, -0.05) is 13.3 Å². The van der Waals surface area contributed by atoms with E-state index in [4.69, 9.17) is 5.73 Å². The molecule has 0 aromatic rings. The Morgan fingerprint density at radius 2 is 2.13 bits per heavy atom. The Labute approximate surface area is 92.2 Å². The topological polar surface area (TPSA) is 75.4 Å². The van der Waals surface area contributed by atoms with E-state index < -0.39 is 10.2 Å². The second-order valence-corrected chi connectivity index (χ2v) is 5.83. The lowest BCUT2D eigenvalue weighted by Gasteiger charge is -2.28. The summed E-state index contributed by atoms with van der Waals surface area (Å²) in [5.74, 6) is 0.309. The molecule has 1 fully saturated rings. The lowest BCUT2D eigenvalue weighted by Crippen LogP contribution is -2.46. The Kier molecular flexibility index (Phi) is 4.51. The Bertz CT molecular complexity index is 292. The highest BCUT2D eigenvalue weighted by molar-refractivity contribution is 7.87. The molecule has 0 spiro atoms. The monoisotopic (exact) mass is 235 g/mol. The van der Waals surface area contributed by atoms with Crippen LogP contribution in [0.5, 0.6) is 0 Å². The van der Waals surface area contributed by atoms with Crippen LogP contribution in [0.25, 0.3) is 0 Å². The van der Waals surface area contributed by atoms with Gasteiger partial charge >= 0.3 is 0 Å². The summed E-state index contributed by atoms with van der Waals surface area (Å²) < 4.78 is 27.5. The molecular formula is C9H21N3O2S. The zero-order chi connectivity index (χ0) is 11.5.